The number of piperidine rings is 1. The first kappa shape index (κ1) is 22.4. The SMILES string of the molecule is CN(C)c1cnn(C(=O)N2CC3(CCN(Cc4ccc(CN5CCOCC5)cc4)CC3)C2)c1. The Morgan fingerprint density at radius 1 is 0.970 bits per heavy atom. The zero-order valence-corrected chi connectivity index (χ0v) is 19.9. The molecular weight excluding hydrogens is 416 g/mol. The Kier molecular flexibility index (Phi) is 6.40. The van der Waals surface area contributed by atoms with Crippen LogP contribution in [0.15, 0.2) is 36.7 Å². The number of amides is 1. The van der Waals surface area contributed by atoms with Crippen LogP contribution in [0.25, 0.3) is 0 Å². The molecule has 0 aliphatic carbocycles. The molecule has 1 spiro atoms. The first-order valence-electron chi connectivity index (χ1n) is 12.1. The van der Waals surface area contributed by atoms with Gasteiger partial charge < -0.3 is 14.5 Å². The first-order chi connectivity index (χ1) is 16.0. The number of aromatic nitrogens is 2. The molecule has 8 nitrogen and oxygen atoms in total. The number of ether oxygens (including phenoxy) is 1. The van der Waals surface area contributed by atoms with Crippen LogP contribution in [0.3, 0.4) is 0 Å². The number of carbonyl (C=O) groups is 1. The third-order valence-electron chi connectivity index (χ3n) is 7.46. The Morgan fingerprint density at radius 2 is 1.55 bits per heavy atom. The molecule has 33 heavy (non-hydrogen) atoms. The highest BCUT2D eigenvalue weighted by molar-refractivity contribution is 5.77. The lowest BCUT2D eigenvalue weighted by molar-refractivity contribution is -0.0235. The molecule has 0 bridgehead atoms. The van der Waals surface area contributed by atoms with Crippen molar-refractivity contribution < 1.29 is 9.53 Å². The van der Waals surface area contributed by atoms with Gasteiger partial charge in [0.25, 0.3) is 0 Å². The van der Waals surface area contributed by atoms with Crippen molar-refractivity contribution in [3.8, 4) is 0 Å². The minimum atomic E-state index is -0.00618. The summed E-state index contributed by atoms with van der Waals surface area (Å²) in [7, 11) is 3.91. The number of hydrogen-bond donors (Lipinski definition) is 0. The van der Waals surface area contributed by atoms with Gasteiger partial charge in [0.2, 0.25) is 0 Å². The molecule has 3 aliphatic rings. The van der Waals surface area contributed by atoms with Crippen LogP contribution >= 0.6 is 0 Å². The average molecular weight is 453 g/mol. The molecule has 1 aromatic heterocycles. The average Bonchev–Trinajstić information content (AvgIpc) is 3.31. The number of benzene rings is 1. The molecule has 178 valence electrons. The van der Waals surface area contributed by atoms with Gasteiger partial charge in [0, 0.05) is 58.8 Å². The van der Waals surface area contributed by atoms with E-state index in [0.29, 0.717) is 5.41 Å². The Balaban J connectivity index is 1.07. The number of morpholine rings is 1. The molecule has 0 saturated carbocycles. The van der Waals surface area contributed by atoms with Crippen LogP contribution in [0.5, 0.6) is 0 Å². The summed E-state index contributed by atoms with van der Waals surface area (Å²) in [6.07, 6.45) is 5.87. The molecule has 5 rings (SSSR count). The summed E-state index contributed by atoms with van der Waals surface area (Å²) < 4.78 is 6.91. The Morgan fingerprint density at radius 3 is 2.09 bits per heavy atom. The van der Waals surface area contributed by atoms with Gasteiger partial charge in [0.1, 0.15) is 0 Å². The fourth-order valence-corrected chi connectivity index (χ4v) is 5.22. The lowest BCUT2D eigenvalue weighted by atomic mass is 9.72. The number of nitrogens with zero attached hydrogens (tertiary/aromatic N) is 6. The number of carbonyl (C=O) groups excluding carboxylic acids is 1. The zero-order chi connectivity index (χ0) is 22.8. The first-order valence-corrected chi connectivity index (χ1v) is 12.1. The van der Waals surface area contributed by atoms with Crippen LogP contribution in [0.4, 0.5) is 10.5 Å². The van der Waals surface area contributed by atoms with Gasteiger partial charge in [0.15, 0.2) is 0 Å². The minimum absolute atomic E-state index is 0.00618. The molecular formula is C25H36N6O2. The van der Waals surface area contributed by atoms with Crippen LogP contribution in [0, 0.1) is 5.41 Å². The van der Waals surface area contributed by atoms with Crippen molar-refractivity contribution in [1.82, 2.24) is 24.5 Å². The fourth-order valence-electron chi connectivity index (χ4n) is 5.22. The van der Waals surface area contributed by atoms with Crippen LogP contribution in [0.1, 0.15) is 24.0 Å². The standard InChI is InChI=1S/C25H36N6O2/c1-27(2)23-15-26-31(18-23)24(32)30-19-25(20-30)7-9-28(10-8-25)16-21-3-5-22(6-4-21)17-29-11-13-33-14-12-29/h3-6,15,18H,7-14,16-17,19-20H2,1-2H3. The van der Waals surface area contributed by atoms with Crippen LogP contribution < -0.4 is 4.90 Å². The highest BCUT2D eigenvalue weighted by Gasteiger charge is 2.47. The van der Waals surface area contributed by atoms with Crippen LogP contribution in [0.2, 0.25) is 0 Å². The molecule has 1 amide bonds. The molecule has 3 fully saturated rings. The smallest absolute Gasteiger partial charge is 0.344 e. The van der Waals surface area contributed by atoms with Crippen molar-refractivity contribution in [3.63, 3.8) is 0 Å². The van der Waals surface area contributed by atoms with Crippen LogP contribution in [-0.2, 0) is 17.8 Å². The Hall–Kier alpha value is -2.42. The summed E-state index contributed by atoms with van der Waals surface area (Å²) in [5.41, 5.74) is 4.01. The molecule has 3 aliphatic heterocycles. The van der Waals surface area contributed by atoms with Gasteiger partial charge in [-0.15, -0.1) is 0 Å². The zero-order valence-electron chi connectivity index (χ0n) is 19.9. The second kappa shape index (κ2) is 9.44. The predicted molar refractivity (Wildman–Crippen MR) is 128 cm³/mol. The van der Waals surface area contributed by atoms with E-state index in [9.17, 15) is 4.79 Å². The molecule has 0 radical (unpaired) electrons. The summed E-state index contributed by atoms with van der Waals surface area (Å²) in [5.74, 6) is 0. The van der Waals surface area contributed by atoms with Gasteiger partial charge in [-0.05, 0) is 37.1 Å². The van der Waals surface area contributed by atoms with E-state index < -0.39 is 0 Å². The van der Waals surface area contributed by atoms with Crippen LogP contribution in [-0.4, -0.2) is 97.1 Å². The minimum Gasteiger partial charge on any atom is -0.379 e. The monoisotopic (exact) mass is 452 g/mol. The normalized spacial score (nSPS) is 21.2. The molecule has 0 atom stereocenters. The second-order valence-corrected chi connectivity index (χ2v) is 10.2. The van der Waals surface area contributed by atoms with E-state index in [0.717, 1.165) is 84.1 Å². The second-order valence-electron chi connectivity index (χ2n) is 10.2. The summed E-state index contributed by atoms with van der Waals surface area (Å²) in [4.78, 5) is 21.7. The Bertz CT molecular complexity index is 934. The Labute approximate surface area is 196 Å². The number of rotatable bonds is 5. The lowest BCUT2D eigenvalue weighted by Crippen LogP contribution is -2.62. The summed E-state index contributed by atoms with van der Waals surface area (Å²) in [6, 6.07) is 9.13. The highest BCUT2D eigenvalue weighted by atomic mass is 16.5. The number of likely N-dealkylation sites (tertiary alicyclic amines) is 2. The maximum atomic E-state index is 12.7. The van der Waals surface area contributed by atoms with Crippen molar-refractivity contribution in [3.05, 3.63) is 47.8 Å². The fraction of sp³-hybridized carbons (Fsp3) is 0.600. The van der Waals surface area contributed by atoms with Gasteiger partial charge in [-0.3, -0.25) is 9.80 Å². The van der Waals surface area contributed by atoms with E-state index in [4.69, 9.17) is 4.74 Å². The van der Waals surface area contributed by atoms with E-state index >= 15 is 0 Å². The van der Waals surface area contributed by atoms with E-state index in [1.54, 1.807) is 6.20 Å². The number of anilines is 1. The quantitative estimate of drug-likeness (QED) is 0.694. The molecule has 2 aromatic rings. The third-order valence-corrected chi connectivity index (χ3v) is 7.46. The topological polar surface area (TPSA) is 57.1 Å². The van der Waals surface area contributed by atoms with Crippen molar-refractivity contribution in [2.45, 2.75) is 25.9 Å². The summed E-state index contributed by atoms with van der Waals surface area (Å²) >= 11 is 0. The van der Waals surface area contributed by atoms with Crippen molar-refractivity contribution in [1.29, 1.82) is 0 Å². The maximum Gasteiger partial charge on any atom is 0.344 e. The van der Waals surface area contributed by atoms with Gasteiger partial charge in [-0.2, -0.15) is 9.78 Å². The largest absolute Gasteiger partial charge is 0.379 e. The van der Waals surface area contributed by atoms with Gasteiger partial charge in [-0.25, -0.2) is 4.79 Å². The molecule has 1 aromatic carbocycles. The van der Waals surface area contributed by atoms with E-state index in [1.165, 1.54) is 15.8 Å². The molecule has 4 heterocycles. The van der Waals surface area contributed by atoms with Gasteiger partial charge in [0.05, 0.1) is 31.3 Å². The maximum absolute atomic E-state index is 12.7. The molecule has 3 saturated heterocycles. The molecule has 0 unspecified atom stereocenters. The van der Waals surface area contributed by atoms with Crippen molar-refractivity contribution in [2.75, 3.05) is 71.5 Å². The van der Waals surface area contributed by atoms with Gasteiger partial charge in [-0.1, -0.05) is 24.3 Å². The van der Waals surface area contributed by atoms with Gasteiger partial charge >= 0.3 is 6.03 Å². The predicted octanol–water partition coefficient (Wildman–Crippen LogP) is 2.35. The molecule has 0 N–H and O–H groups in total. The molecule has 8 heteroatoms. The van der Waals surface area contributed by atoms with E-state index in [1.807, 2.05) is 30.1 Å². The van der Waals surface area contributed by atoms with Crippen molar-refractivity contribution >= 4 is 11.7 Å². The third kappa shape index (κ3) is 5.08. The number of hydrogen-bond acceptors (Lipinski definition) is 6. The van der Waals surface area contributed by atoms with Crippen molar-refractivity contribution in [2.24, 2.45) is 5.41 Å². The van der Waals surface area contributed by atoms with E-state index in [2.05, 4.69) is 39.2 Å². The lowest BCUT2D eigenvalue weighted by Gasteiger charge is -2.53. The summed E-state index contributed by atoms with van der Waals surface area (Å²) in [6.45, 7) is 9.69. The van der Waals surface area contributed by atoms with E-state index in [-0.39, 0.29) is 6.03 Å². The summed E-state index contributed by atoms with van der Waals surface area (Å²) in [5, 5.41) is 4.24. The highest BCUT2D eigenvalue weighted by Crippen LogP contribution is 2.41.